The third kappa shape index (κ3) is 8.26. The first-order valence-electron chi connectivity index (χ1n) is 10.7. The molecule has 4 nitrogen and oxygen atoms in total. The second-order valence-corrected chi connectivity index (χ2v) is 8.28. The minimum absolute atomic E-state index is 0.0973. The fourth-order valence-electron chi connectivity index (χ4n) is 3.42. The number of ketones is 1. The van der Waals surface area contributed by atoms with Crippen LogP contribution in [0.3, 0.4) is 0 Å². The van der Waals surface area contributed by atoms with Gasteiger partial charge in [-0.3, -0.25) is 4.79 Å². The summed E-state index contributed by atoms with van der Waals surface area (Å²) in [5, 5.41) is 0. The maximum Gasteiger partial charge on any atom is 0.339 e. The van der Waals surface area contributed by atoms with Crippen molar-refractivity contribution in [2.75, 3.05) is 0 Å². The number of ether oxygens (including phenoxy) is 1. The molecule has 0 bridgehead atoms. The molecule has 0 fully saturated rings. The van der Waals surface area contributed by atoms with Gasteiger partial charge in [-0.15, -0.1) is 0 Å². The highest BCUT2D eigenvalue weighted by molar-refractivity contribution is 5.92. The van der Waals surface area contributed by atoms with Gasteiger partial charge in [0.2, 0.25) is 0 Å². The third-order valence-electron chi connectivity index (χ3n) is 5.45. The average molecular weight is 399 g/mol. The summed E-state index contributed by atoms with van der Waals surface area (Å²) in [6, 6.07) is 2.01. The number of rotatable bonds is 12. The highest BCUT2D eigenvalue weighted by atomic mass is 16.5. The second-order valence-electron chi connectivity index (χ2n) is 8.28. The van der Waals surface area contributed by atoms with Gasteiger partial charge in [0.15, 0.2) is 0 Å². The number of carbonyl (C=O) groups excluding carboxylic acids is 2. The van der Waals surface area contributed by atoms with E-state index in [1.165, 1.54) is 11.1 Å². The molecule has 29 heavy (non-hydrogen) atoms. The molecule has 1 aliphatic heterocycles. The van der Waals surface area contributed by atoms with Gasteiger partial charge in [0, 0.05) is 17.9 Å². The van der Waals surface area contributed by atoms with Gasteiger partial charge < -0.3 is 9.15 Å². The molecule has 0 spiro atoms. The van der Waals surface area contributed by atoms with Crippen molar-refractivity contribution in [2.45, 2.75) is 72.6 Å². The molecule has 1 aromatic heterocycles. The van der Waals surface area contributed by atoms with E-state index < -0.39 is 0 Å². The Balaban J connectivity index is 1.62. The van der Waals surface area contributed by atoms with E-state index in [4.69, 9.17) is 9.15 Å². The standard InChI is InChI=1S/C25H34O4/c1-18(8-6-10-22-13-14-28-17-22)7-5-9-20(3)24(26)12-11-19(2)15-23-16-21(4)25(27)29-23/h8,13-17,19-20H,5-7,9-12H2,1-4H3/b18-8+,23-15-. The summed E-state index contributed by atoms with van der Waals surface area (Å²) in [6.45, 7) is 8.00. The van der Waals surface area contributed by atoms with E-state index in [0.29, 0.717) is 23.5 Å². The van der Waals surface area contributed by atoms with Gasteiger partial charge in [0.1, 0.15) is 11.5 Å². The molecule has 0 saturated carbocycles. The molecule has 2 atom stereocenters. The van der Waals surface area contributed by atoms with Crippen molar-refractivity contribution < 1.29 is 18.7 Å². The van der Waals surface area contributed by atoms with E-state index in [-0.39, 0.29) is 17.8 Å². The Labute approximate surface area is 174 Å². The maximum absolute atomic E-state index is 12.4. The maximum atomic E-state index is 12.4. The number of furan rings is 1. The molecule has 0 aliphatic carbocycles. The third-order valence-corrected chi connectivity index (χ3v) is 5.45. The lowest BCUT2D eigenvalue weighted by molar-refractivity contribution is -0.133. The number of cyclic esters (lactones) is 1. The van der Waals surface area contributed by atoms with E-state index in [2.05, 4.69) is 19.9 Å². The van der Waals surface area contributed by atoms with Crippen molar-refractivity contribution >= 4 is 11.8 Å². The van der Waals surface area contributed by atoms with Crippen LogP contribution >= 0.6 is 0 Å². The van der Waals surface area contributed by atoms with Crippen LogP contribution in [-0.2, 0) is 20.7 Å². The molecular formula is C25H34O4. The Morgan fingerprint density at radius 3 is 2.66 bits per heavy atom. The van der Waals surface area contributed by atoms with Crippen LogP contribution in [0.15, 0.2) is 58.1 Å². The zero-order valence-corrected chi connectivity index (χ0v) is 18.2. The Hall–Kier alpha value is -2.36. The summed E-state index contributed by atoms with van der Waals surface area (Å²) >= 11 is 0. The van der Waals surface area contributed by atoms with Crippen LogP contribution in [0.2, 0.25) is 0 Å². The lowest BCUT2D eigenvalue weighted by atomic mass is 9.92. The van der Waals surface area contributed by atoms with Crippen molar-refractivity contribution in [1.29, 1.82) is 0 Å². The molecule has 0 N–H and O–H groups in total. The zero-order chi connectivity index (χ0) is 21.2. The van der Waals surface area contributed by atoms with Gasteiger partial charge >= 0.3 is 5.97 Å². The molecule has 1 aliphatic rings. The summed E-state index contributed by atoms with van der Waals surface area (Å²) in [6.07, 6.45) is 15.9. The van der Waals surface area contributed by atoms with Crippen molar-refractivity contribution in [3.63, 3.8) is 0 Å². The molecule has 158 valence electrons. The van der Waals surface area contributed by atoms with E-state index >= 15 is 0 Å². The number of Topliss-reactive ketones (excluding diaryl/α,β-unsaturated/α-hetero) is 1. The molecule has 2 heterocycles. The second kappa shape index (κ2) is 11.6. The fourth-order valence-corrected chi connectivity index (χ4v) is 3.42. The first kappa shape index (κ1) is 22.9. The van der Waals surface area contributed by atoms with Gasteiger partial charge in [-0.05, 0) is 82.1 Å². The molecule has 4 heteroatoms. The lowest BCUT2D eigenvalue weighted by Crippen LogP contribution is -2.12. The van der Waals surface area contributed by atoms with Gasteiger partial charge in [-0.2, -0.15) is 0 Å². The Morgan fingerprint density at radius 1 is 1.21 bits per heavy atom. The van der Waals surface area contributed by atoms with E-state index in [1.54, 1.807) is 25.5 Å². The highest BCUT2D eigenvalue weighted by Crippen LogP contribution is 2.21. The van der Waals surface area contributed by atoms with Gasteiger partial charge in [0.25, 0.3) is 0 Å². The predicted octanol–water partition coefficient (Wildman–Crippen LogP) is 6.34. The summed E-state index contributed by atoms with van der Waals surface area (Å²) in [4.78, 5) is 23.8. The first-order chi connectivity index (χ1) is 13.8. The van der Waals surface area contributed by atoms with Crippen molar-refractivity contribution in [3.05, 3.63) is 59.3 Å². The fraction of sp³-hybridized carbons (Fsp3) is 0.520. The Kier molecular flexibility index (Phi) is 9.17. The van der Waals surface area contributed by atoms with Crippen LogP contribution < -0.4 is 0 Å². The Morgan fingerprint density at radius 2 is 2.00 bits per heavy atom. The van der Waals surface area contributed by atoms with Crippen LogP contribution in [0.25, 0.3) is 0 Å². The van der Waals surface area contributed by atoms with Crippen LogP contribution in [0.4, 0.5) is 0 Å². The smallest absolute Gasteiger partial charge is 0.339 e. The monoisotopic (exact) mass is 398 g/mol. The van der Waals surface area contributed by atoms with Crippen molar-refractivity contribution in [3.8, 4) is 0 Å². The van der Waals surface area contributed by atoms with Gasteiger partial charge in [-0.1, -0.05) is 25.5 Å². The van der Waals surface area contributed by atoms with E-state index in [9.17, 15) is 9.59 Å². The van der Waals surface area contributed by atoms with Gasteiger partial charge in [-0.25, -0.2) is 4.79 Å². The lowest BCUT2D eigenvalue weighted by Gasteiger charge is -2.12. The predicted molar refractivity (Wildman–Crippen MR) is 115 cm³/mol. The molecule has 2 rings (SSSR count). The normalized spacial score (nSPS) is 17.9. The minimum Gasteiger partial charge on any atom is -0.472 e. The minimum atomic E-state index is -0.279. The number of carbonyl (C=O) groups is 2. The Bertz CT molecular complexity index is 765. The van der Waals surface area contributed by atoms with E-state index in [0.717, 1.165) is 38.5 Å². The topological polar surface area (TPSA) is 56.5 Å². The zero-order valence-electron chi connectivity index (χ0n) is 18.2. The van der Waals surface area contributed by atoms with E-state index in [1.807, 2.05) is 19.1 Å². The molecule has 1 aromatic rings. The average Bonchev–Trinajstić information content (AvgIpc) is 3.29. The van der Waals surface area contributed by atoms with Crippen LogP contribution in [0, 0.1) is 11.8 Å². The van der Waals surface area contributed by atoms with Crippen molar-refractivity contribution in [1.82, 2.24) is 0 Å². The largest absolute Gasteiger partial charge is 0.472 e. The number of allylic oxidation sites excluding steroid dienone is 4. The molecule has 0 saturated heterocycles. The van der Waals surface area contributed by atoms with Gasteiger partial charge in [0.05, 0.1) is 12.5 Å². The highest BCUT2D eigenvalue weighted by Gasteiger charge is 2.18. The summed E-state index contributed by atoms with van der Waals surface area (Å²) in [7, 11) is 0. The summed E-state index contributed by atoms with van der Waals surface area (Å²) in [5.74, 6) is 0.956. The molecular weight excluding hydrogens is 364 g/mol. The molecule has 2 unspecified atom stereocenters. The molecule has 0 amide bonds. The summed E-state index contributed by atoms with van der Waals surface area (Å²) < 4.78 is 10.2. The van der Waals surface area contributed by atoms with Crippen LogP contribution in [0.5, 0.6) is 0 Å². The number of hydrogen-bond acceptors (Lipinski definition) is 4. The first-order valence-corrected chi connectivity index (χ1v) is 10.7. The van der Waals surface area contributed by atoms with Crippen molar-refractivity contribution in [2.24, 2.45) is 11.8 Å². The number of esters is 1. The van der Waals surface area contributed by atoms with Crippen LogP contribution in [-0.4, -0.2) is 11.8 Å². The molecule has 0 radical (unpaired) electrons. The SMILES string of the molecule is CC1=C/C(=C/C(C)CCC(=O)C(C)CCC/C(C)=C/CCc2ccoc2)OC1=O. The number of aryl methyl sites for hydroxylation is 1. The van der Waals surface area contributed by atoms with Crippen LogP contribution in [0.1, 0.15) is 71.8 Å². The quantitative estimate of drug-likeness (QED) is 0.305. The summed E-state index contributed by atoms with van der Waals surface area (Å²) in [5.41, 5.74) is 3.25. The molecule has 0 aromatic carbocycles. The number of hydrogen-bond donors (Lipinski definition) is 0.